The fourth-order valence-electron chi connectivity index (χ4n) is 2.03. The molecule has 1 aromatic heterocycles. The van der Waals surface area contributed by atoms with Gasteiger partial charge in [-0.05, 0) is 25.5 Å². The number of hydrogen-bond acceptors (Lipinski definition) is 4. The lowest BCUT2D eigenvalue weighted by molar-refractivity contribution is 0.299. The highest BCUT2D eigenvalue weighted by Crippen LogP contribution is 2.08. The first kappa shape index (κ1) is 14.9. The molecule has 2 aromatic rings. The number of aromatic nitrogens is 2. The van der Waals surface area contributed by atoms with E-state index in [2.05, 4.69) is 0 Å². The van der Waals surface area contributed by atoms with E-state index < -0.39 is 5.56 Å². The fraction of sp³-hybridized carbons (Fsp3) is 0.333. The van der Waals surface area contributed by atoms with Crippen LogP contribution in [0, 0.1) is 0 Å². The monoisotopic (exact) mass is 289 g/mol. The summed E-state index contributed by atoms with van der Waals surface area (Å²) >= 11 is 0. The third-order valence-electron chi connectivity index (χ3n) is 3.14. The molecule has 0 bridgehead atoms. The van der Waals surface area contributed by atoms with Crippen molar-refractivity contribution >= 4 is 5.69 Å². The van der Waals surface area contributed by atoms with Crippen LogP contribution in [-0.4, -0.2) is 15.7 Å². The second-order valence-electron chi connectivity index (χ2n) is 4.62. The molecular weight excluding hydrogens is 270 g/mol. The van der Waals surface area contributed by atoms with E-state index in [1.807, 2.05) is 37.3 Å². The van der Waals surface area contributed by atoms with Crippen LogP contribution in [0.1, 0.15) is 13.3 Å². The van der Waals surface area contributed by atoms with Gasteiger partial charge in [-0.15, -0.1) is 0 Å². The molecular formula is C15H19N3O3. The Kier molecular flexibility index (Phi) is 4.81. The van der Waals surface area contributed by atoms with Crippen LogP contribution in [0.25, 0.3) is 0 Å². The Balaban J connectivity index is 2.02. The first-order valence-corrected chi connectivity index (χ1v) is 6.91. The Morgan fingerprint density at radius 2 is 1.90 bits per heavy atom. The molecule has 0 unspecified atom stereocenters. The zero-order valence-electron chi connectivity index (χ0n) is 12.0. The molecule has 2 rings (SSSR count). The number of aryl methyl sites for hydroxylation is 1. The number of rotatable bonds is 6. The van der Waals surface area contributed by atoms with Crippen molar-refractivity contribution in [3.63, 3.8) is 0 Å². The zero-order valence-corrected chi connectivity index (χ0v) is 12.0. The molecule has 0 radical (unpaired) electrons. The topological polar surface area (TPSA) is 79.2 Å². The van der Waals surface area contributed by atoms with Gasteiger partial charge in [0.25, 0.3) is 5.56 Å². The van der Waals surface area contributed by atoms with E-state index in [1.54, 1.807) is 0 Å². The summed E-state index contributed by atoms with van der Waals surface area (Å²) in [6.45, 7) is 3.02. The molecule has 0 saturated heterocycles. The summed E-state index contributed by atoms with van der Waals surface area (Å²) in [5, 5.41) is 0. The predicted octanol–water partition coefficient (Wildman–Crippen LogP) is 1.08. The SMILES string of the molecule is CCn1cc(N)c(=O)n(CCCOc2ccccc2)c1=O. The average Bonchev–Trinajstić information content (AvgIpc) is 2.51. The van der Waals surface area contributed by atoms with Gasteiger partial charge in [0.15, 0.2) is 0 Å². The molecule has 0 aliphatic carbocycles. The second kappa shape index (κ2) is 6.78. The molecule has 6 nitrogen and oxygen atoms in total. The number of hydrogen-bond donors (Lipinski definition) is 1. The molecule has 0 atom stereocenters. The van der Waals surface area contributed by atoms with E-state index in [0.717, 1.165) is 10.3 Å². The summed E-state index contributed by atoms with van der Waals surface area (Å²) in [5.41, 5.74) is 4.94. The number of nitrogens with zero attached hydrogens (tertiary/aromatic N) is 2. The summed E-state index contributed by atoms with van der Waals surface area (Å²) in [5.74, 6) is 0.767. The largest absolute Gasteiger partial charge is 0.494 e. The lowest BCUT2D eigenvalue weighted by Gasteiger charge is -2.10. The summed E-state index contributed by atoms with van der Waals surface area (Å²) in [7, 11) is 0. The van der Waals surface area contributed by atoms with Crippen molar-refractivity contribution in [1.82, 2.24) is 9.13 Å². The van der Waals surface area contributed by atoms with Gasteiger partial charge >= 0.3 is 5.69 Å². The number of benzene rings is 1. The third-order valence-corrected chi connectivity index (χ3v) is 3.14. The van der Waals surface area contributed by atoms with E-state index in [4.69, 9.17) is 10.5 Å². The minimum atomic E-state index is -0.440. The van der Waals surface area contributed by atoms with Crippen LogP contribution >= 0.6 is 0 Å². The van der Waals surface area contributed by atoms with E-state index in [9.17, 15) is 9.59 Å². The van der Waals surface area contributed by atoms with Crippen molar-refractivity contribution in [2.75, 3.05) is 12.3 Å². The highest BCUT2D eigenvalue weighted by Gasteiger charge is 2.08. The lowest BCUT2D eigenvalue weighted by Crippen LogP contribution is -2.40. The average molecular weight is 289 g/mol. The molecule has 0 spiro atoms. The van der Waals surface area contributed by atoms with Crippen molar-refractivity contribution in [3.8, 4) is 5.75 Å². The molecule has 0 amide bonds. The second-order valence-corrected chi connectivity index (χ2v) is 4.62. The molecule has 21 heavy (non-hydrogen) atoms. The Bertz CT molecular complexity index is 704. The van der Waals surface area contributed by atoms with Crippen molar-refractivity contribution in [3.05, 3.63) is 57.4 Å². The van der Waals surface area contributed by atoms with E-state index in [-0.39, 0.29) is 17.9 Å². The standard InChI is InChI=1S/C15H19N3O3/c1-2-17-11-13(16)14(19)18(15(17)20)9-6-10-21-12-7-4-3-5-8-12/h3-5,7-8,11H,2,6,9-10,16H2,1H3. The smallest absolute Gasteiger partial charge is 0.331 e. The molecule has 1 aromatic carbocycles. The quantitative estimate of drug-likeness (QED) is 0.807. The van der Waals surface area contributed by atoms with Gasteiger partial charge < -0.3 is 10.5 Å². The predicted molar refractivity (Wildman–Crippen MR) is 81.6 cm³/mol. The van der Waals surface area contributed by atoms with Crippen LogP contribution in [0.2, 0.25) is 0 Å². The van der Waals surface area contributed by atoms with Crippen LogP contribution < -0.4 is 21.7 Å². The zero-order chi connectivity index (χ0) is 15.2. The Morgan fingerprint density at radius 1 is 1.19 bits per heavy atom. The number of nitrogen functional groups attached to an aromatic ring is 1. The van der Waals surface area contributed by atoms with Gasteiger partial charge in [0, 0.05) is 19.3 Å². The van der Waals surface area contributed by atoms with Crippen LogP contribution in [0.5, 0.6) is 5.75 Å². The van der Waals surface area contributed by atoms with Gasteiger partial charge in [-0.1, -0.05) is 18.2 Å². The molecule has 0 fully saturated rings. The summed E-state index contributed by atoms with van der Waals surface area (Å²) in [6.07, 6.45) is 1.94. The number of ether oxygens (including phenoxy) is 1. The van der Waals surface area contributed by atoms with Crippen LogP contribution in [0.15, 0.2) is 46.1 Å². The minimum Gasteiger partial charge on any atom is -0.494 e. The Morgan fingerprint density at radius 3 is 2.57 bits per heavy atom. The minimum absolute atomic E-state index is 0.0837. The summed E-state index contributed by atoms with van der Waals surface area (Å²) in [4.78, 5) is 24.0. The first-order chi connectivity index (χ1) is 10.1. The number of nitrogens with two attached hydrogens (primary N) is 1. The van der Waals surface area contributed by atoms with E-state index in [1.165, 1.54) is 10.8 Å². The maximum Gasteiger partial charge on any atom is 0.331 e. The van der Waals surface area contributed by atoms with Crippen LogP contribution in [0.4, 0.5) is 5.69 Å². The summed E-state index contributed by atoms with van der Waals surface area (Å²) < 4.78 is 8.12. The highest BCUT2D eigenvalue weighted by molar-refractivity contribution is 5.30. The van der Waals surface area contributed by atoms with E-state index in [0.29, 0.717) is 19.6 Å². The molecule has 0 aliphatic rings. The fourth-order valence-corrected chi connectivity index (χ4v) is 2.03. The third kappa shape index (κ3) is 3.53. The number of anilines is 1. The number of para-hydroxylation sites is 1. The molecule has 0 aliphatic heterocycles. The van der Waals surface area contributed by atoms with Gasteiger partial charge in [0.2, 0.25) is 0 Å². The normalized spacial score (nSPS) is 10.5. The van der Waals surface area contributed by atoms with Gasteiger partial charge in [-0.2, -0.15) is 0 Å². The molecule has 6 heteroatoms. The maximum absolute atomic E-state index is 12.1. The molecule has 0 saturated carbocycles. The lowest BCUT2D eigenvalue weighted by atomic mass is 10.3. The highest BCUT2D eigenvalue weighted by atomic mass is 16.5. The van der Waals surface area contributed by atoms with Gasteiger partial charge in [0.05, 0.1) is 6.61 Å². The first-order valence-electron chi connectivity index (χ1n) is 6.91. The van der Waals surface area contributed by atoms with Gasteiger partial charge in [-0.3, -0.25) is 13.9 Å². The van der Waals surface area contributed by atoms with Crippen molar-refractivity contribution < 1.29 is 4.74 Å². The van der Waals surface area contributed by atoms with Gasteiger partial charge in [-0.25, -0.2) is 4.79 Å². The Hall–Kier alpha value is -2.50. The molecule has 112 valence electrons. The van der Waals surface area contributed by atoms with Crippen molar-refractivity contribution in [1.29, 1.82) is 0 Å². The maximum atomic E-state index is 12.1. The molecule has 2 N–H and O–H groups in total. The summed E-state index contributed by atoms with van der Waals surface area (Å²) in [6, 6.07) is 9.40. The van der Waals surface area contributed by atoms with Crippen molar-refractivity contribution in [2.24, 2.45) is 0 Å². The van der Waals surface area contributed by atoms with Gasteiger partial charge in [0.1, 0.15) is 11.4 Å². The van der Waals surface area contributed by atoms with Crippen LogP contribution in [-0.2, 0) is 13.1 Å². The van der Waals surface area contributed by atoms with Crippen LogP contribution in [0.3, 0.4) is 0 Å². The van der Waals surface area contributed by atoms with E-state index >= 15 is 0 Å². The molecule has 1 heterocycles. The Labute approximate surface area is 122 Å². The van der Waals surface area contributed by atoms with Crippen molar-refractivity contribution in [2.45, 2.75) is 26.4 Å².